The van der Waals surface area contributed by atoms with Crippen molar-refractivity contribution in [1.29, 1.82) is 0 Å². The first-order valence-electron chi connectivity index (χ1n) is 9.31. The summed E-state index contributed by atoms with van der Waals surface area (Å²) in [6, 6.07) is -0.785. The molecular weight excluding hydrogens is 354 g/mol. The highest BCUT2D eigenvalue weighted by Crippen LogP contribution is 2.34. The Bertz CT molecular complexity index is 464. The van der Waals surface area contributed by atoms with Gasteiger partial charge >= 0.3 is 11.9 Å². The van der Waals surface area contributed by atoms with E-state index < -0.39 is 23.6 Å². The molecule has 11 nitrogen and oxygen atoms in total. The second kappa shape index (κ2) is 11.5. The van der Waals surface area contributed by atoms with Crippen molar-refractivity contribution >= 4 is 11.9 Å². The molecule has 27 heavy (non-hydrogen) atoms. The Kier molecular flexibility index (Phi) is 10.1. The van der Waals surface area contributed by atoms with Crippen molar-refractivity contribution in [3.05, 3.63) is 0 Å². The molecule has 1 fully saturated rings. The van der Waals surface area contributed by atoms with E-state index in [1.54, 1.807) is 4.90 Å². The standard InChI is InChI=1S/C16H35N7O4/c17-1-3-21-4-5-22-16(20)9-12(23(6-2-18)10-15(26)27)11(7-13(16)19)8-14(24)25/h11-13,21-22H,1-10,17-20H2,(H,24,25)(H,26,27). The van der Waals surface area contributed by atoms with Gasteiger partial charge in [0.2, 0.25) is 0 Å². The molecule has 4 atom stereocenters. The van der Waals surface area contributed by atoms with Crippen LogP contribution in [0.5, 0.6) is 0 Å². The van der Waals surface area contributed by atoms with Crippen LogP contribution in [0, 0.1) is 5.92 Å². The number of aliphatic carboxylic acids is 2. The Labute approximate surface area is 159 Å². The lowest BCUT2D eigenvalue weighted by molar-refractivity contribution is -0.141. The molecule has 1 aliphatic carbocycles. The van der Waals surface area contributed by atoms with Crippen LogP contribution in [-0.2, 0) is 9.59 Å². The van der Waals surface area contributed by atoms with E-state index in [4.69, 9.17) is 22.9 Å². The first-order chi connectivity index (χ1) is 12.7. The van der Waals surface area contributed by atoms with Crippen molar-refractivity contribution in [3.8, 4) is 0 Å². The van der Waals surface area contributed by atoms with Gasteiger partial charge in [0.05, 0.1) is 12.2 Å². The van der Waals surface area contributed by atoms with Crippen molar-refractivity contribution in [2.45, 2.75) is 37.0 Å². The lowest BCUT2D eigenvalue weighted by atomic mass is 9.73. The van der Waals surface area contributed by atoms with Gasteiger partial charge in [0.1, 0.15) is 0 Å². The first-order valence-corrected chi connectivity index (χ1v) is 9.31. The fraction of sp³-hybridized carbons (Fsp3) is 0.875. The van der Waals surface area contributed by atoms with Crippen molar-refractivity contribution in [3.63, 3.8) is 0 Å². The van der Waals surface area contributed by atoms with E-state index in [0.717, 1.165) is 0 Å². The second-order valence-electron chi connectivity index (χ2n) is 7.13. The number of rotatable bonds is 13. The van der Waals surface area contributed by atoms with Crippen LogP contribution in [0.1, 0.15) is 19.3 Å². The normalized spacial score (nSPS) is 28.4. The van der Waals surface area contributed by atoms with E-state index in [1.807, 2.05) is 0 Å². The lowest BCUT2D eigenvalue weighted by Gasteiger charge is -2.50. The third kappa shape index (κ3) is 7.66. The van der Waals surface area contributed by atoms with Gasteiger partial charge in [-0.25, -0.2) is 0 Å². The van der Waals surface area contributed by atoms with Gasteiger partial charge in [-0.05, 0) is 18.8 Å². The summed E-state index contributed by atoms with van der Waals surface area (Å²) in [4.78, 5) is 24.3. The molecule has 0 spiro atoms. The highest BCUT2D eigenvalue weighted by atomic mass is 16.4. The van der Waals surface area contributed by atoms with Crippen molar-refractivity contribution in [1.82, 2.24) is 15.5 Å². The third-order valence-corrected chi connectivity index (χ3v) is 5.05. The third-order valence-electron chi connectivity index (χ3n) is 5.05. The van der Waals surface area contributed by atoms with E-state index in [0.29, 0.717) is 45.6 Å². The molecule has 0 bridgehead atoms. The summed E-state index contributed by atoms with van der Waals surface area (Å²) in [7, 11) is 0. The van der Waals surface area contributed by atoms with Crippen LogP contribution in [0.25, 0.3) is 0 Å². The summed E-state index contributed by atoms with van der Waals surface area (Å²) in [6.07, 6.45) is 0.640. The molecule has 0 amide bonds. The van der Waals surface area contributed by atoms with Crippen molar-refractivity contribution in [2.24, 2.45) is 28.9 Å². The average Bonchev–Trinajstić information content (AvgIpc) is 2.57. The van der Waals surface area contributed by atoms with Gasteiger partial charge in [-0.1, -0.05) is 0 Å². The van der Waals surface area contributed by atoms with E-state index in [1.165, 1.54) is 0 Å². The van der Waals surface area contributed by atoms with Crippen LogP contribution in [0.3, 0.4) is 0 Å². The predicted octanol–water partition coefficient (Wildman–Crippen LogP) is -3.29. The smallest absolute Gasteiger partial charge is 0.317 e. The Morgan fingerprint density at radius 2 is 1.81 bits per heavy atom. The molecule has 158 valence electrons. The number of carbonyl (C=O) groups is 2. The predicted molar refractivity (Wildman–Crippen MR) is 102 cm³/mol. The van der Waals surface area contributed by atoms with Crippen LogP contribution in [0.2, 0.25) is 0 Å². The number of nitrogens with two attached hydrogens (primary N) is 4. The SMILES string of the molecule is NCCNCCNC1(N)CC(N(CCN)CC(=O)O)C(CC(=O)O)CC1N. The van der Waals surface area contributed by atoms with Gasteiger partial charge < -0.3 is 38.5 Å². The molecule has 4 unspecified atom stereocenters. The molecule has 0 aromatic carbocycles. The minimum atomic E-state index is -0.992. The molecular formula is C16H35N7O4. The van der Waals surface area contributed by atoms with Gasteiger partial charge in [0.25, 0.3) is 0 Å². The molecule has 1 aliphatic rings. The number of hydrogen-bond donors (Lipinski definition) is 8. The zero-order valence-corrected chi connectivity index (χ0v) is 15.8. The van der Waals surface area contributed by atoms with Gasteiger partial charge in [0.15, 0.2) is 0 Å². The molecule has 12 N–H and O–H groups in total. The van der Waals surface area contributed by atoms with Gasteiger partial charge in [-0.2, -0.15) is 0 Å². The molecule has 1 saturated carbocycles. The number of carboxylic acid groups (broad SMARTS) is 2. The van der Waals surface area contributed by atoms with Gasteiger partial charge in [0, 0.05) is 57.8 Å². The van der Waals surface area contributed by atoms with Crippen LogP contribution >= 0.6 is 0 Å². The average molecular weight is 390 g/mol. The number of carboxylic acids is 2. The monoisotopic (exact) mass is 389 g/mol. The summed E-state index contributed by atoms with van der Waals surface area (Å²) in [5, 5.41) is 24.9. The molecule has 0 saturated heterocycles. The maximum atomic E-state index is 11.3. The number of nitrogens with one attached hydrogen (secondary N) is 2. The summed E-state index contributed by atoms with van der Waals surface area (Å²) in [5.74, 6) is -2.23. The number of hydrogen-bond acceptors (Lipinski definition) is 9. The van der Waals surface area contributed by atoms with Crippen LogP contribution in [0.15, 0.2) is 0 Å². The van der Waals surface area contributed by atoms with Gasteiger partial charge in [-0.15, -0.1) is 0 Å². The molecule has 0 radical (unpaired) electrons. The summed E-state index contributed by atoms with van der Waals surface area (Å²) in [5.41, 5.74) is 23.0. The quantitative estimate of drug-likeness (QED) is 0.116. The Morgan fingerprint density at radius 3 is 2.37 bits per heavy atom. The highest BCUT2D eigenvalue weighted by molar-refractivity contribution is 5.69. The fourth-order valence-electron chi connectivity index (χ4n) is 3.74. The largest absolute Gasteiger partial charge is 0.481 e. The summed E-state index contributed by atoms with van der Waals surface area (Å²) < 4.78 is 0. The molecule has 1 rings (SSSR count). The Hall–Kier alpha value is -1.34. The molecule has 0 heterocycles. The summed E-state index contributed by atoms with van der Waals surface area (Å²) in [6.45, 7) is 2.85. The second-order valence-corrected chi connectivity index (χ2v) is 7.13. The minimum Gasteiger partial charge on any atom is -0.481 e. The fourth-order valence-corrected chi connectivity index (χ4v) is 3.74. The van der Waals surface area contributed by atoms with E-state index >= 15 is 0 Å². The first kappa shape index (κ1) is 23.7. The van der Waals surface area contributed by atoms with Crippen LogP contribution < -0.4 is 33.6 Å². The maximum absolute atomic E-state index is 11.3. The van der Waals surface area contributed by atoms with Gasteiger partial charge in [-0.3, -0.25) is 19.8 Å². The van der Waals surface area contributed by atoms with Crippen molar-refractivity contribution in [2.75, 3.05) is 45.8 Å². The van der Waals surface area contributed by atoms with E-state index in [-0.39, 0.29) is 31.5 Å². The van der Waals surface area contributed by atoms with E-state index in [9.17, 15) is 19.8 Å². The highest BCUT2D eigenvalue weighted by Gasteiger charge is 2.46. The molecule has 0 aromatic rings. The zero-order valence-electron chi connectivity index (χ0n) is 15.8. The van der Waals surface area contributed by atoms with Crippen LogP contribution in [0.4, 0.5) is 0 Å². The Morgan fingerprint density at radius 1 is 1.11 bits per heavy atom. The molecule has 0 aromatic heterocycles. The van der Waals surface area contributed by atoms with Crippen molar-refractivity contribution < 1.29 is 19.8 Å². The molecule has 11 heteroatoms. The zero-order chi connectivity index (χ0) is 20.4. The molecule has 0 aliphatic heterocycles. The van der Waals surface area contributed by atoms with E-state index in [2.05, 4.69) is 10.6 Å². The van der Waals surface area contributed by atoms with Crippen LogP contribution in [-0.4, -0.2) is 90.6 Å². The number of nitrogens with zero attached hydrogens (tertiary/aromatic N) is 1. The topological polar surface area (TPSA) is 206 Å². The lowest BCUT2D eigenvalue weighted by Crippen LogP contribution is -2.72. The Balaban J connectivity index is 2.90. The summed E-state index contributed by atoms with van der Waals surface area (Å²) >= 11 is 0. The minimum absolute atomic E-state index is 0.0901. The maximum Gasteiger partial charge on any atom is 0.317 e.